The van der Waals surface area contributed by atoms with Gasteiger partial charge >= 0.3 is 6.09 Å². The van der Waals surface area contributed by atoms with E-state index in [2.05, 4.69) is 0 Å². The summed E-state index contributed by atoms with van der Waals surface area (Å²) in [6, 6.07) is 9.28. The van der Waals surface area contributed by atoms with E-state index >= 15 is 0 Å². The lowest BCUT2D eigenvalue weighted by atomic mass is 10.0. The van der Waals surface area contributed by atoms with Crippen LogP contribution >= 0.6 is 0 Å². The minimum atomic E-state index is -0.500. The van der Waals surface area contributed by atoms with Crippen LogP contribution in [0.4, 0.5) is 19.3 Å². The van der Waals surface area contributed by atoms with E-state index in [0.29, 0.717) is 29.8 Å². The Balaban J connectivity index is 1.70. The molecule has 2 aliphatic rings. The number of carbonyl (C=O) groups is 2. The maximum Gasteiger partial charge on any atom is 0.414 e. The molecule has 2 aromatic carbocycles. The largest absolute Gasteiger partial charge is 0.447 e. The zero-order chi connectivity index (χ0) is 18.3. The van der Waals surface area contributed by atoms with E-state index in [9.17, 15) is 18.4 Å². The molecule has 1 atom stereocenters. The van der Waals surface area contributed by atoms with Crippen LogP contribution in [0.3, 0.4) is 0 Å². The summed E-state index contributed by atoms with van der Waals surface area (Å²) in [5.41, 5.74) is 1.46. The van der Waals surface area contributed by atoms with Crippen LogP contribution in [-0.2, 0) is 11.3 Å². The quantitative estimate of drug-likeness (QED) is 0.786. The fraction of sp³-hybridized carbons (Fsp3) is 0.263. The number of rotatable bonds is 1. The lowest BCUT2D eigenvalue weighted by molar-refractivity contribution is 0.0734. The standard InChI is InChI=1S/C19H16F2N2O3/c20-14-4-1-12(2-5-14)18(24)22-8-7-16-11-26-19(25)23(16)17-9-15(21)6-3-13(17)10-22/h1-6,9,16H,7-8,10-11H2/t16-/m0/s1. The Morgan fingerprint density at radius 2 is 1.81 bits per heavy atom. The number of hydrogen-bond acceptors (Lipinski definition) is 3. The third-order valence-electron chi connectivity index (χ3n) is 4.74. The Labute approximate surface area is 148 Å². The molecule has 0 radical (unpaired) electrons. The highest BCUT2D eigenvalue weighted by Gasteiger charge is 2.37. The number of benzene rings is 2. The monoisotopic (exact) mass is 358 g/mol. The minimum Gasteiger partial charge on any atom is -0.447 e. The molecule has 2 amide bonds. The summed E-state index contributed by atoms with van der Waals surface area (Å²) in [5, 5.41) is 0. The molecule has 0 saturated carbocycles. The predicted molar refractivity (Wildman–Crippen MR) is 89.8 cm³/mol. The molecule has 0 unspecified atom stereocenters. The van der Waals surface area contributed by atoms with Gasteiger partial charge in [-0.15, -0.1) is 0 Å². The topological polar surface area (TPSA) is 49.9 Å². The molecule has 0 aromatic heterocycles. The molecule has 0 spiro atoms. The highest BCUT2D eigenvalue weighted by Crippen LogP contribution is 2.32. The van der Waals surface area contributed by atoms with Gasteiger partial charge in [0, 0.05) is 18.7 Å². The van der Waals surface area contributed by atoms with Crippen LogP contribution in [0.2, 0.25) is 0 Å². The molecule has 2 aromatic rings. The van der Waals surface area contributed by atoms with Gasteiger partial charge in [0.1, 0.15) is 18.2 Å². The van der Waals surface area contributed by atoms with E-state index in [4.69, 9.17) is 4.74 Å². The summed E-state index contributed by atoms with van der Waals surface area (Å²) in [6.45, 7) is 0.834. The first-order chi connectivity index (χ1) is 12.5. The molecule has 2 aliphatic heterocycles. The molecule has 0 N–H and O–H groups in total. The minimum absolute atomic E-state index is 0.202. The van der Waals surface area contributed by atoms with Crippen LogP contribution in [-0.4, -0.2) is 36.1 Å². The Hall–Kier alpha value is -2.96. The number of halogens is 2. The Morgan fingerprint density at radius 3 is 2.58 bits per heavy atom. The van der Waals surface area contributed by atoms with Crippen molar-refractivity contribution in [2.45, 2.75) is 19.0 Å². The molecule has 1 saturated heterocycles. The summed E-state index contributed by atoms with van der Waals surface area (Å²) in [6.07, 6.45) is 0.00871. The summed E-state index contributed by atoms with van der Waals surface area (Å²) in [4.78, 5) is 28.0. The van der Waals surface area contributed by atoms with Crippen LogP contribution in [0.5, 0.6) is 0 Å². The third kappa shape index (κ3) is 2.89. The zero-order valence-corrected chi connectivity index (χ0v) is 13.8. The van der Waals surface area contributed by atoms with Crippen molar-refractivity contribution in [3.63, 3.8) is 0 Å². The van der Waals surface area contributed by atoms with Crippen molar-refractivity contribution in [1.82, 2.24) is 4.90 Å². The summed E-state index contributed by atoms with van der Waals surface area (Å²) >= 11 is 0. The predicted octanol–water partition coefficient (Wildman–Crippen LogP) is 3.34. The van der Waals surface area contributed by atoms with Crippen LogP contribution in [0, 0.1) is 11.6 Å². The van der Waals surface area contributed by atoms with Crippen LogP contribution in [0.1, 0.15) is 22.3 Å². The molecule has 4 rings (SSSR count). The second kappa shape index (κ2) is 6.40. The van der Waals surface area contributed by atoms with Crippen LogP contribution in [0.15, 0.2) is 42.5 Å². The first kappa shape index (κ1) is 16.5. The SMILES string of the molecule is O=C(c1ccc(F)cc1)N1CC[C@H]2COC(=O)N2c2cc(F)ccc2C1. The number of hydrogen-bond donors (Lipinski definition) is 0. The van der Waals surface area contributed by atoms with Crippen molar-refractivity contribution < 1.29 is 23.1 Å². The van der Waals surface area contributed by atoms with Gasteiger partial charge in [-0.2, -0.15) is 0 Å². The zero-order valence-electron chi connectivity index (χ0n) is 13.8. The van der Waals surface area contributed by atoms with Gasteiger partial charge in [-0.05, 0) is 48.4 Å². The molecular formula is C19H16F2N2O3. The van der Waals surface area contributed by atoms with Crippen molar-refractivity contribution >= 4 is 17.7 Å². The first-order valence-electron chi connectivity index (χ1n) is 8.32. The van der Waals surface area contributed by atoms with E-state index in [0.717, 1.165) is 0 Å². The summed E-state index contributed by atoms with van der Waals surface area (Å²) in [7, 11) is 0. The molecule has 0 bridgehead atoms. The molecular weight excluding hydrogens is 342 g/mol. The summed E-state index contributed by atoms with van der Waals surface area (Å²) in [5.74, 6) is -1.11. The van der Waals surface area contributed by atoms with E-state index in [1.54, 1.807) is 11.0 Å². The summed E-state index contributed by atoms with van der Waals surface area (Å²) < 4.78 is 32.0. The van der Waals surface area contributed by atoms with Gasteiger partial charge in [-0.1, -0.05) is 6.07 Å². The van der Waals surface area contributed by atoms with Crippen LogP contribution < -0.4 is 4.90 Å². The average Bonchev–Trinajstić information content (AvgIpc) is 2.98. The van der Waals surface area contributed by atoms with Gasteiger partial charge in [0.2, 0.25) is 0 Å². The van der Waals surface area contributed by atoms with Gasteiger partial charge in [0.15, 0.2) is 0 Å². The van der Waals surface area contributed by atoms with Crippen molar-refractivity contribution in [2.24, 2.45) is 0 Å². The molecule has 2 heterocycles. The Morgan fingerprint density at radius 1 is 1.08 bits per heavy atom. The van der Waals surface area contributed by atoms with Crippen molar-refractivity contribution in [2.75, 3.05) is 18.1 Å². The van der Waals surface area contributed by atoms with Gasteiger partial charge < -0.3 is 9.64 Å². The molecule has 5 nitrogen and oxygen atoms in total. The maximum atomic E-state index is 13.8. The molecule has 1 fully saturated rings. The number of ether oxygens (including phenoxy) is 1. The van der Waals surface area contributed by atoms with Crippen LogP contribution in [0.25, 0.3) is 0 Å². The number of carbonyl (C=O) groups excluding carboxylic acids is 2. The van der Waals surface area contributed by atoms with E-state index < -0.39 is 17.7 Å². The number of cyclic esters (lactones) is 1. The maximum absolute atomic E-state index is 13.8. The van der Waals surface area contributed by atoms with E-state index in [-0.39, 0.29) is 25.1 Å². The molecule has 7 heteroatoms. The second-order valence-corrected chi connectivity index (χ2v) is 6.40. The third-order valence-corrected chi connectivity index (χ3v) is 4.74. The van der Waals surface area contributed by atoms with Gasteiger partial charge in [-0.3, -0.25) is 9.69 Å². The lowest BCUT2D eigenvalue weighted by Crippen LogP contribution is -2.42. The number of anilines is 1. The average molecular weight is 358 g/mol. The fourth-order valence-electron chi connectivity index (χ4n) is 3.40. The number of fused-ring (bicyclic) bond motifs is 3. The number of nitrogens with zero attached hydrogens (tertiary/aromatic N) is 2. The molecule has 0 aliphatic carbocycles. The van der Waals surface area contributed by atoms with Crippen molar-refractivity contribution in [1.29, 1.82) is 0 Å². The normalized spacial score (nSPS) is 19.3. The van der Waals surface area contributed by atoms with Gasteiger partial charge in [0.25, 0.3) is 5.91 Å². The molecule has 134 valence electrons. The smallest absolute Gasteiger partial charge is 0.414 e. The number of amides is 2. The van der Waals surface area contributed by atoms with Crippen molar-refractivity contribution in [3.05, 3.63) is 65.2 Å². The second-order valence-electron chi connectivity index (χ2n) is 6.40. The highest BCUT2D eigenvalue weighted by molar-refractivity contribution is 5.95. The van der Waals surface area contributed by atoms with Gasteiger partial charge in [-0.25, -0.2) is 13.6 Å². The Kier molecular flexibility index (Phi) is 4.06. The first-order valence-corrected chi connectivity index (χ1v) is 8.32. The van der Waals surface area contributed by atoms with Gasteiger partial charge in [0.05, 0.1) is 11.7 Å². The molecule has 26 heavy (non-hydrogen) atoms. The van der Waals surface area contributed by atoms with Crippen molar-refractivity contribution in [3.8, 4) is 0 Å². The Bertz CT molecular complexity index is 870. The highest BCUT2D eigenvalue weighted by atomic mass is 19.1. The lowest BCUT2D eigenvalue weighted by Gasteiger charge is -2.32. The van der Waals surface area contributed by atoms with E-state index in [1.807, 2.05) is 0 Å². The van der Waals surface area contributed by atoms with E-state index in [1.165, 1.54) is 41.3 Å². The fourth-order valence-corrected chi connectivity index (χ4v) is 3.40.